The summed E-state index contributed by atoms with van der Waals surface area (Å²) >= 11 is 0. The van der Waals surface area contributed by atoms with Crippen molar-refractivity contribution in [3.63, 3.8) is 0 Å². The van der Waals surface area contributed by atoms with Crippen molar-refractivity contribution in [2.45, 2.75) is 44.4 Å². The molecule has 1 fully saturated rings. The number of rotatable bonds is 9. The highest BCUT2D eigenvalue weighted by molar-refractivity contribution is 7.89. The largest absolute Gasteiger partial charge is 0.317 e. The number of hydrogen-bond donors (Lipinski definition) is 2. The van der Waals surface area contributed by atoms with Crippen LogP contribution in [0.1, 0.15) is 38.7 Å². The first kappa shape index (κ1) is 16.5. The van der Waals surface area contributed by atoms with Crippen LogP contribution in [0, 0.1) is 5.41 Å². The van der Waals surface area contributed by atoms with E-state index in [4.69, 9.17) is 0 Å². The molecule has 1 aromatic rings. The summed E-state index contributed by atoms with van der Waals surface area (Å²) in [5, 5.41) is 3.28. The van der Waals surface area contributed by atoms with Gasteiger partial charge in [0.1, 0.15) is 0 Å². The van der Waals surface area contributed by atoms with Gasteiger partial charge >= 0.3 is 0 Å². The van der Waals surface area contributed by atoms with Crippen molar-refractivity contribution < 1.29 is 8.42 Å². The van der Waals surface area contributed by atoms with Crippen molar-refractivity contribution >= 4 is 10.0 Å². The Bertz CT molecular complexity index is 548. The van der Waals surface area contributed by atoms with Gasteiger partial charge in [-0.2, -0.15) is 0 Å². The van der Waals surface area contributed by atoms with Gasteiger partial charge in [0.15, 0.2) is 0 Å². The van der Waals surface area contributed by atoms with Crippen LogP contribution in [0.2, 0.25) is 0 Å². The fourth-order valence-electron chi connectivity index (χ4n) is 2.17. The molecule has 0 spiro atoms. The van der Waals surface area contributed by atoms with Crippen molar-refractivity contribution in [1.82, 2.24) is 10.0 Å². The zero-order valence-corrected chi connectivity index (χ0v) is 13.8. The summed E-state index contributed by atoms with van der Waals surface area (Å²) in [6.07, 6.45) is 4.26. The molecule has 0 unspecified atom stereocenters. The molecule has 0 radical (unpaired) electrons. The highest BCUT2D eigenvalue weighted by atomic mass is 32.2. The minimum atomic E-state index is -3.36. The van der Waals surface area contributed by atoms with Crippen LogP contribution in [0.15, 0.2) is 29.2 Å². The van der Waals surface area contributed by atoms with Crippen molar-refractivity contribution in [2.24, 2.45) is 5.41 Å². The average molecular weight is 310 g/mol. The van der Waals surface area contributed by atoms with Gasteiger partial charge in [-0.1, -0.05) is 26.0 Å². The Hall–Kier alpha value is -0.910. The van der Waals surface area contributed by atoms with E-state index in [2.05, 4.69) is 23.9 Å². The highest BCUT2D eigenvalue weighted by Crippen LogP contribution is 2.44. The summed E-state index contributed by atoms with van der Waals surface area (Å²) in [6.45, 7) is 6.73. The average Bonchev–Trinajstić information content (AvgIpc) is 3.21. The summed E-state index contributed by atoms with van der Waals surface area (Å²) in [5.41, 5.74) is 1.36. The van der Waals surface area contributed by atoms with Crippen molar-refractivity contribution in [3.8, 4) is 0 Å². The number of benzene rings is 1. The lowest BCUT2D eigenvalue weighted by Crippen LogP contribution is -2.29. The molecule has 5 heteroatoms. The third kappa shape index (κ3) is 5.09. The molecule has 0 bridgehead atoms. The molecule has 1 saturated carbocycles. The summed E-state index contributed by atoms with van der Waals surface area (Å²) in [6, 6.07) is 7.25. The van der Waals surface area contributed by atoms with Crippen molar-refractivity contribution in [1.29, 1.82) is 0 Å². The molecule has 118 valence electrons. The lowest BCUT2D eigenvalue weighted by molar-refractivity contribution is 0.530. The second-order valence-corrected chi connectivity index (χ2v) is 8.00. The minimum absolute atomic E-state index is 0.180. The Balaban J connectivity index is 1.88. The number of aryl methyl sites for hydroxylation is 1. The third-order valence-corrected chi connectivity index (χ3v) is 5.51. The van der Waals surface area contributed by atoms with Crippen LogP contribution in [0.4, 0.5) is 0 Å². The van der Waals surface area contributed by atoms with E-state index in [9.17, 15) is 8.42 Å². The molecule has 1 aliphatic carbocycles. The standard InChI is InChI=1S/C16H26N2O2S/c1-3-17-12-4-5-14-6-8-15(9-7-14)21(19,20)18-13-16(2)10-11-16/h6-9,17-18H,3-5,10-13H2,1-2H3. The van der Waals surface area contributed by atoms with E-state index in [1.807, 2.05) is 12.1 Å². The Morgan fingerprint density at radius 1 is 1.19 bits per heavy atom. The van der Waals surface area contributed by atoms with Crippen LogP contribution < -0.4 is 10.0 Å². The van der Waals surface area contributed by atoms with Crippen LogP contribution in [0.5, 0.6) is 0 Å². The Morgan fingerprint density at radius 3 is 2.43 bits per heavy atom. The molecule has 21 heavy (non-hydrogen) atoms. The molecule has 1 aliphatic rings. The molecule has 0 atom stereocenters. The number of nitrogens with one attached hydrogen (secondary N) is 2. The lowest BCUT2D eigenvalue weighted by atomic mass is 10.1. The van der Waals surface area contributed by atoms with Gasteiger partial charge in [-0.15, -0.1) is 0 Å². The Labute approximate surface area is 128 Å². The zero-order valence-electron chi connectivity index (χ0n) is 13.0. The van der Waals surface area contributed by atoms with Gasteiger partial charge in [-0.05, 0) is 61.9 Å². The van der Waals surface area contributed by atoms with Gasteiger partial charge in [-0.3, -0.25) is 0 Å². The molecule has 0 heterocycles. The fourth-order valence-corrected chi connectivity index (χ4v) is 3.37. The van der Waals surface area contributed by atoms with E-state index in [-0.39, 0.29) is 5.41 Å². The summed E-state index contributed by atoms with van der Waals surface area (Å²) in [4.78, 5) is 0.363. The van der Waals surface area contributed by atoms with E-state index < -0.39 is 10.0 Å². The van der Waals surface area contributed by atoms with Gasteiger partial charge in [0.05, 0.1) is 4.90 Å². The van der Waals surface area contributed by atoms with Gasteiger partial charge < -0.3 is 5.32 Å². The molecule has 4 nitrogen and oxygen atoms in total. The van der Waals surface area contributed by atoms with E-state index in [1.165, 1.54) is 5.56 Å². The van der Waals surface area contributed by atoms with Crippen LogP contribution in [0.25, 0.3) is 0 Å². The smallest absolute Gasteiger partial charge is 0.240 e. The van der Waals surface area contributed by atoms with Crippen molar-refractivity contribution in [3.05, 3.63) is 29.8 Å². The minimum Gasteiger partial charge on any atom is -0.317 e. The maximum Gasteiger partial charge on any atom is 0.240 e. The predicted octanol–water partition coefficient (Wildman–Crippen LogP) is 2.31. The molecular formula is C16H26N2O2S. The molecule has 0 amide bonds. The van der Waals surface area contributed by atoms with E-state index in [1.54, 1.807) is 12.1 Å². The second-order valence-electron chi connectivity index (χ2n) is 6.24. The molecule has 0 aliphatic heterocycles. The summed E-state index contributed by atoms with van der Waals surface area (Å²) in [5.74, 6) is 0. The van der Waals surface area contributed by atoms with Gasteiger partial charge in [-0.25, -0.2) is 13.1 Å². The highest BCUT2D eigenvalue weighted by Gasteiger charge is 2.38. The van der Waals surface area contributed by atoms with Crippen molar-refractivity contribution in [2.75, 3.05) is 19.6 Å². The first-order valence-corrected chi connectivity index (χ1v) is 9.23. The SMILES string of the molecule is CCNCCCc1ccc(S(=O)(=O)NCC2(C)CC2)cc1. The normalized spacial score (nSPS) is 16.9. The third-order valence-electron chi connectivity index (χ3n) is 4.10. The van der Waals surface area contributed by atoms with Crippen LogP contribution in [-0.2, 0) is 16.4 Å². The first-order chi connectivity index (χ1) is 9.95. The summed E-state index contributed by atoms with van der Waals surface area (Å²) < 4.78 is 27.1. The van der Waals surface area contributed by atoms with Gasteiger partial charge in [0, 0.05) is 6.54 Å². The van der Waals surface area contributed by atoms with Crippen LogP contribution in [0.3, 0.4) is 0 Å². The molecule has 1 aromatic carbocycles. The molecule has 0 aromatic heterocycles. The first-order valence-electron chi connectivity index (χ1n) is 7.74. The molecule has 2 N–H and O–H groups in total. The van der Waals surface area contributed by atoms with E-state index in [0.717, 1.165) is 38.8 Å². The zero-order chi connectivity index (χ0) is 15.3. The van der Waals surface area contributed by atoms with E-state index in [0.29, 0.717) is 11.4 Å². The molecule has 2 rings (SSSR count). The monoisotopic (exact) mass is 310 g/mol. The van der Waals surface area contributed by atoms with Crippen LogP contribution in [-0.4, -0.2) is 28.1 Å². The Morgan fingerprint density at radius 2 is 1.86 bits per heavy atom. The Kier molecular flexibility index (Phi) is 5.41. The molecular weight excluding hydrogens is 284 g/mol. The fraction of sp³-hybridized carbons (Fsp3) is 0.625. The predicted molar refractivity (Wildman–Crippen MR) is 85.8 cm³/mol. The number of sulfonamides is 1. The lowest BCUT2D eigenvalue weighted by Gasteiger charge is -2.11. The quantitative estimate of drug-likeness (QED) is 0.688. The molecule has 0 saturated heterocycles. The maximum atomic E-state index is 12.2. The van der Waals surface area contributed by atoms with Gasteiger partial charge in [0.25, 0.3) is 0 Å². The topological polar surface area (TPSA) is 58.2 Å². The van der Waals surface area contributed by atoms with Gasteiger partial charge in [0.2, 0.25) is 10.0 Å². The maximum absolute atomic E-state index is 12.2. The number of hydrogen-bond acceptors (Lipinski definition) is 3. The van der Waals surface area contributed by atoms with Crippen LogP contribution >= 0.6 is 0 Å². The summed E-state index contributed by atoms with van der Waals surface area (Å²) in [7, 11) is -3.36. The second kappa shape index (κ2) is 6.90. The van der Waals surface area contributed by atoms with E-state index >= 15 is 0 Å².